The van der Waals surface area contributed by atoms with Gasteiger partial charge in [0.05, 0.1) is 13.1 Å². The minimum absolute atomic E-state index is 0.0307. The fourth-order valence-corrected chi connectivity index (χ4v) is 4.64. The van der Waals surface area contributed by atoms with Crippen molar-refractivity contribution in [3.8, 4) is 0 Å². The van der Waals surface area contributed by atoms with Gasteiger partial charge in [0.25, 0.3) is 0 Å². The number of amides is 2. The molecule has 3 rings (SSSR count). The number of carbonyl (C=O) groups is 2. The van der Waals surface area contributed by atoms with Gasteiger partial charge in [-0.25, -0.2) is 4.39 Å². The van der Waals surface area contributed by atoms with Crippen LogP contribution < -0.4 is 0 Å². The van der Waals surface area contributed by atoms with E-state index in [2.05, 4.69) is 17.6 Å². The van der Waals surface area contributed by atoms with Gasteiger partial charge in [0.1, 0.15) is 5.82 Å². The highest BCUT2D eigenvalue weighted by atomic mass is 19.1. The first kappa shape index (κ1) is 25.0. The zero-order valence-electron chi connectivity index (χ0n) is 20.1. The fraction of sp³-hybridized carbons (Fsp3) is 0.556. The molecule has 6 heteroatoms. The standard InChI is InChI=1S/C27H38FN3O2/c1-3-5-13-26(32)29(4-2)21-27(33)31(24-10-7-6-8-11-24)20-25-12-9-18-30(25)19-22-14-16-23(28)17-15-22/h9,12,14-18,24H,3-8,10-11,13,19-21H2,1-2H3. The number of unbranched alkanes of at least 4 members (excludes halogenated alkanes) is 1. The van der Waals surface area contributed by atoms with Crippen LogP contribution in [0.25, 0.3) is 0 Å². The fourth-order valence-electron chi connectivity index (χ4n) is 4.64. The average molecular weight is 456 g/mol. The molecule has 1 aromatic carbocycles. The summed E-state index contributed by atoms with van der Waals surface area (Å²) in [7, 11) is 0. The van der Waals surface area contributed by atoms with Gasteiger partial charge in [-0.3, -0.25) is 9.59 Å². The molecule has 0 radical (unpaired) electrons. The first-order valence-corrected chi connectivity index (χ1v) is 12.5. The molecular weight excluding hydrogens is 417 g/mol. The van der Waals surface area contributed by atoms with Crippen molar-refractivity contribution in [1.82, 2.24) is 14.4 Å². The van der Waals surface area contributed by atoms with Crippen LogP contribution in [0.3, 0.4) is 0 Å². The predicted octanol–water partition coefficient (Wildman–Crippen LogP) is 5.38. The van der Waals surface area contributed by atoms with E-state index in [4.69, 9.17) is 0 Å². The molecule has 0 aliphatic heterocycles. The third-order valence-electron chi connectivity index (χ3n) is 6.66. The molecule has 1 aromatic heterocycles. The third kappa shape index (κ3) is 7.18. The number of rotatable bonds is 11. The second kappa shape index (κ2) is 12.6. The number of hydrogen-bond donors (Lipinski definition) is 0. The maximum Gasteiger partial charge on any atom is 0.242 e. The summed E-state index contributed by atoms with van der Waals surface area (Å²) in [4.78, 5) is 29.8. The lowest BCUT2D eigenvalue weighted by atomic mass is 9.94. The van der Waals surface area contributed by atoms with Crippen molar-refractivity contribution in [1.29, 1.82) is 0 Å². The molecule has 0 spiro atoms. The van der Waals surface area contributed by atoms with Crippen LogP contribution >= 0.6 is 0 Å². The quantitative estimate of drug-likeness (QED) is 0.457. The van der Waals surface area contributed by atoms with E-state index in [9.17, 15) is 14.0 Å². The molecule has 0 unspecified atom stereocenters. The number of halogens is 1. The van der Waals surface area contributed by atoms with Crippen LogP contribution in [0.4, 0.5) is 4.39 Å². The normalized spacial score (nSPS) is 14.3. The molecule has 1 aliphatic carbocycles. The van der Waals surface area contributed by atoms with E-state index < -0.39 is 0 Å². The topological polar surface area (TPSA) is 45.6 Å². The average Bonchev–Trinajstić information content (AvgIpc) is 3.27. The monoisotopic (exact) mass is 455 g/mol. The lowest BCUT2D eigenvalue weighted by Crippen LogP contribution is -2.47. The molecule has 0 atom stereocenters. The Kier molecular flexibility index (Phi) is 9.52. The van der Waals surface area contributed by atoms with Crippen molar-refractivity contribution in [2.45, 2.75) is 84.3 Å². The summed E-state index contributed by atoms with van der Waals surface area (Å²) in [5.41, 5.74) is 2.07. The zero-order valence-corrected chi connectivity index (χ0v) is 20.1. The summed E-state index contributed by atoms with van der Waals surface area (Å²) >= 11 is 0. The van der Waals surface area contributed by atoms with Crippen LogP contribution in [-0.4, -0.2) is 45.3 Å². The first-order valence-electron chi connectivity index (χ1n) is 12.5. The predicted molar refractivity (Wildman–Crippen MR) is 129 cm³/mol. The second-order valence-electron chi connectivity index (χ2n) is 9.08. The maximum absolute atomic E-state index is 13.5. The number of likely N-dealkylation sites (N-methyl/N-ethyl adjacent to an activating group) is 1. The maximum atomic E-state index is 13.5. The summed E-state index contributed by atoms with van der Waals surface area (Å²) < 4.78 is 15.4. The van der Waals surface area contributed by atoms with Crippen LogP contribution in [0.5, 0.6) is 0 Å². The third-order valence-corrected chi connectivity index (χ3v) is 6.66. The van der Waals surface area contributed by atoms with E-state index in [0.717, 1.165) is 49.8 Å². The van der Waals surface area contributed by atoms with Crippen molar-refractivity contribution in [3.05, 3.63) is 59.7 Å². The molecule has 1 aliphatic rings. The van der Waals surface area contributed by atoms with E-state index in [1.807, 2.05) is 24.1 Å². The van der Waals surface area contributed by atoms with Crippen LogP contribution in [0.15, 0.2) is 42.6 Å². The molecule has 5 nitrogen and oxygen atoms in total. The van der Waals surface area contributed by atoms with Crippen LogP contribution in [-0.2, 0) is 22.7 Å². The SMILES string of the molecule is CCCCC(=O)N(CC)CC(=O)N(Cc1cccn1Cc1ccc(F)cc1)C1CCCCC1. The van der Waals surface area contributed by atoms with Gasteiger partial charge in [0.15, 0.2) is 0 Å². The number of nitrogens with zero attached hydrogens (tertiary/aromatic N) is 3. The Morgan fingerprint density at radius 1 is 1.03 bits per heavy atom. The Morgan fingerprint density at radius 2 is 1.76 bits per heavy atom. The second-order valence-corrected chi connectivity index (χ2v) is 9.08. The lowest BCUT2D eigenvalue weighted by Gasteiger charge is -2.36. The van der Waals surface area contributed by atoms with Gasteiger partial charge in [0, 0.05) is 37.4 Å². The summed E-state index contributed by atoms with van der Waals surface area (Å²) in [5.74, 6) is -0.145. The highest BCUT2D eigenvalue weighted by Crippen LogP contribution is 2.25. The molecule has 2 aromatic rings. The lowest BCUT2D eigenvalue weighted by molar-refractivity contribution is -0.142. The minimum atomic E-state index is -0.241. The van der Waals surface area contributed by atoms with E-state index in [1.54, 1.807) is 17.0 Å². The number of carbonyl (C=O) groups excluding carboxylic acids is 2. The van der Waals surface area contributed by atoms with Crippen LogP contribution in [0.1, 0.15) is 76.5 Å². The van der Waals surface area contributed by atoms with E-state index in [1.165, 1.54) is 18.6 Å². The number of hydrogen-bond acceptors (Lipinski definition) is 2. The number of benzene rings is 1. The highest BCUT2D eigenvalue weighted by Gasteiger charge is 2.28. The van der Waals surface area contributed by atoms with Crippen LogP contribution in [0.2, 0.25) is 0 Å². The molecule has 1 heterocycles. The van der Waals surface area contributed by atoms with Crippen molar-refractivity contribution >= 4 is 11.8 Å². The Hall–Kier alpha value is -2.63. The summed E-state index contributed by atoms with van der Waals surface area (Å²) in [6.07, 6.45) is 9.85. The van der Waals surface area contributed by atoms with Gasteiger partial charge < -0.3 is 14.4 Å². The molecule has 180 valence electrons. The van der Waals surface area contributed by atoms with Gasteiger partial charge in [-0.1, -0.05) is 44.7 Å². The zero-order chi connectivity index (χ0) is 23.6. The smallest absolute Gasteiger partial charge is 0.242 e. The molecule has 0 bridgehead atoms. The summed E-state index contributed by atoms with van der Waals surface area (Å²) in [6.45, 7) is 5.86. The Balaban J connectivity index is 1.75. The molecule has 1 fully saturated rings. The van der Waals surface area contributed by atoms with Gasteiger partial charge in [-0.05, 0) is 56.0 Å². The Morgan fingerprint density at radius 3 is 2.42 bits per heavy atom. The van der Waals surface area contributed by atoms with Crippen molar-refractivity contribution < 1.29 is 14.0 Å². The van der Waals surface area contributed by atoms with Gasteiger partial charge in [-0.15, -0.1) is 0 Å². The molecule has 1 saturated carbocycles. The Labute approximate surface area is 197 Å². The first-order chi connectivity index (χ1) is 16.0. The summed E-state index contributed by atoms with van der Waals surface area (Å²) in [6, 6.07) is 10.8. The minimum Gasteiger partial charge on any atom is -0.345 e. The Bertz CT molecular complexity index is 887. The van der Waals surface area contributed by atoms with Crippen molar-refractivity contribution in [3.63, 3.8) is 0 Å². The van der Waals surface area contributed by atoms with Gasteiger partial charge in [-0.2, -0.15) is 0 Å². The summed E-state index contributed by atoms with van der Waals surface area (Å²) in [5, 5.41) is 0. The van der Waals surface area contributed by atoms with E-state index in [0.29, 0.717) is 26.1 Å². The molecular formula is C27H38FN3O2. The molecule has 2 amide bonds. The molecule has 33 heavy (non-hydrogen) atoms. The van der Waals surface area contributed by atoms with Gasteiger partial charge in [0.2, 0.25) is 11.8 Å². The van der Waals surface area contributed by atoms with E-state index >= 15 is 0 Å². The highest BCUT2D eigenvalue weighted by molar-refractivity contribution is 5.85. The molecule has 0 saturated heterocycles. The van der Waals surface area contributed by atoms with Crippen LogP contribution in [0, 0.1) is 5.82 Å². The molecule has 0 N–H and O–H groups in total. The van der Waals surface area contributed by atoms with Crippen molar-refractivity contribution in [2.75, 3.05) is 13.1 Å². The number of aromatic nitrogens is 1. The van der Waals surface area contributed by atoms with Crippen molar-refractivity contribution in [2.24, 2.45) is 0 Å². The largest absolute Gasteiger partial charge is 0.345 e. The van der Waals surface area contributed by atoms with E-state index in [-0.39, 0.29) is 30.2 Å². The van der Waals surface area contributed by atoms with Gasteiger partial charge >= 0.3 is 0 Å².